The van der Waals surface area contributed by atoms with Gasteiger partial charge in [0.25, 0.3) is 0 Å². The molecule has 1 aliphatic rings. The molecule has 2 N–H and O–H groups in total. The highest BCUT2D eigenvalue weighted by atomic mass is 35.5. The molecule has 0 spiro atoms. The van der Waals surface area contributed by atoms with Gasteiger partial charge < -0.3 is 10.2 Å². The van der Waals surface area contributed by atoms with E-state index >= 15 is 0 Å². The van der Waals surface area contributed by atoms with E-state index in [1.807, 2.05) is 0 Å². The monoisotopic (exact) mass is 281 g/mol. The van der Waals surface area contributed by atoms with Crippen LogP contribution in [0.15, 0.2) is 29.4 Å². The molecule has 0 saturated heterocycles. The lowest BCUT2D eigenvalue weighted by Gasteiger charge is -2.26. The first kappa shape index (κ1) is 13.2. The molecule has 100 valence electrons. The molecule has 0 bridgehead atoms. The first-order valence-corrected chi connectivity index (χ1v) is 5.85. The van der Waals surface area contributed by atoms with Crippen LogP contribution in [-0.2, 0) is 0 Å². The van der Waals surface area contributed by atoms with Gasteiger partial charge in [0, 0.05) is 13.3 Å². The minimum absolute atomic E-state index is 0.406. The fraction of sp³-hybridized carbons (Fsp3) is 0.182. The van der Waals surface area contributed by atoms with Crippen LogP contribution in [0.25, 0.3) is 0 Å². The van der Waals surface area contributed by atoms with Crippen LogP contribution in [0.3, 0.4) is 0 Å². The molecule has 1 aromatic carbocycles. The van der Waals surface area contributed by atoms with Gasteiger partial charge in [0.2, 0.25) is 0 Å². The number of rotatable bonds is 2. The molecule has 0 aliphatic carbocycles. The van der Waals surface area contributed by atoms with Crippen molar-refractivity contribution in [1.29, 1.82) is 0 Å². The van der Waals surface area contributed by atoms with E-state index in [2.05, 4.69) is 15.8 Å². The van der Waals surface area contributed by atoms with Crippen LogP contribution in [0, 0.1) is 0 Å². The van der Waals surface area contributed by atoms with Gasteiger partial charge in [0.1, 0.15) is 0 Å². The van der Waals surface area contributed by atoms with E-state index in [-0.39, 0.29) is 0 Å². The second-order valence-corrected chi connectivity index (χ2v) is 4.23. The lowest BCUT2D eigenvalue weighted by atomic mass is 10.3. The zero-order chi connectivity index (χ0) is 13.8. The first-order chi connectivity index (χ1) is 9.08. The quantitative estimate of drug-likeness (QED) is 0.866. The summed E-state index contributed by atoms with van der Waals surface area (Å²) in [4.78, 5) is 24.8. The van der Waals surface area contributed by atoms with Crippen molar-refractivity contribution >= 4 is 35.6 Å². The predicted molar refractivity (Wildman–Crippen MR) is 72.0 cm³/mol. The maximum atomic E-state index is 11.7. The normalized spacial score (nSPS) is 14.5. The Morgan fingerprint density at radius 2 is 2.16 bits per heavy atom. The topological polar surface area (TPSA) is 77.0 Å². The van der Waals surface area contributed by atoms with E-state index in [1.165, 1.54) is 11.1 Å². The molecule has 1 heterocycles. The molecule has 0 fully saturated rings. The van der Waals surface area contributed by atoms with Gasteiger partial charge in [-0.15, -0.1) is 5.12 Å². The van der Waals surface area contributed by atoms with Crippen molar-refractivity contribution in [1.82, 2.24) is 15.4 Å². The molecule has 0 aromatic heterocycles. The molecule has 8 heteroatoms. The SMILES string of the molecule is CN1CC=NN(NC(=O)Nc2ccccc2Cl)C1=O. The van der Waals surface area contributed by atoms with Crippen LogP contribution in [0.2, 0.25) is 5.02 Å². The number of hydrogen-bond acceptors (Lipinski definition) is 3. The minimum atomic E-state index is -0.603. The fourth-order valence-corrected chi connectivity index (χ4v) is 1.60. The van der Waals surface area contributed by atoms with Crippen LogP contribution < -0.4 is 10.7 Å². The Morgan fingerprint density at radius 1 is 1.42 bits per heavy atom. The number of carbonyl (C=O) groups excluding carboxylic acids is 2. The molecular weight excluding hydrogens is 270 g/mol. The molecule has 7 nitrogen and oxygen atoms in total. The molecule has 0 atom stereocenters. The summed E-state index contributed by atoms with van der Waals surface area (Å²) >= 11 is 5.90. The molecule has 4 amide bonds. The van der Waals surface area contributed by atoms with E-state index in [9.17, 15) is 9.59 Å². The number of halogens is 1. The average molecular weight is 282 g/mol. The number of benzene rings is 1. The Labute approximate surface area is 114 Å². The van der Waals surface area contributed by atoms with Crippen molar-refractivity contribution in [3.63, 3.8) is 0 Å². The number of para-hydroxylation sites is 1. The van der Waals surface area contributed by atoms with E-state index in [4.69, 9.17) is 11.6 Å². The largest absolute Gasteiger partial charge is 0.360 e. The van der Waals surface area contributed by atoms with Crippen LogP contribution in [0.5, 0.6) is 0 Å². The number of nitrogens with one attached hydrogen (secondary N) is 2. The van der Waals surface area contributed by atoms with Gasteiger partial charge in [-0.3, -0.25) is 0 Å². The van der Waals surface area contributed by atoms with E-state index in [0.29, 0.717) is 17.3 Å². The van der Waals surface area contributed by atoms with Crippen LogP contribution in [-0.4, -0.2) is 41.9 Å². The Bertz CT molecular complexity index is 534. The number of anilines is 1. The van der Waals surface area contributed by atoms with Crippen molar-refractivity contribution in [3.05, 3.63) is 29.3 Å². The molecule has 0 unspecified atom stereocenters. The van der Waals surface area contributed by atoms with Gasteiger partial charge in [-0.05, 0) is 12.1 Å². The summed E-state index contributed by atoms with van der Waals surface area (Å²) in [6.07, 6.45) is 1.51. The van der Waals surface area contributed by atoms with Crippen LogP contribution >= 0.6 is 11.6 Å². The Morgan fingerprint density at radius 3 is 2.89 bits per heavy atom. The van der Waals surface area contributed by atoms with Crippen molar-refractivity contribution in [3.8, 4) is 0 Å². The van der Waals surface area contributed by atoms with Gasteiger partial charge in [0.15, 0.2) is 0 Å². The van der Waals surface area contributed by atoms with Crippen molar-refractivity contribution in [2.24, 2.45) is 5.10 Å². The molecule has 0 saturated carbocycles. The molecule has 2 rings (SSSR count). The highest BCUT2D eigenvalue weighted by molar-refractivity contribution is 6.33. The van der Waals surface area contributed by atoms with Crippen molar-refractivity contribution in [2.75, 3.05) is 18.9 Å². The summed E-state index contributed by atoms with van der Waals surface area (Å²) in [7, 11) is 1.61. The van der Waals surface area contributed by atoms with Gasteiger partial charge in [0.05, 0.1) is 17.3 Å². The summed E-state index contributed by atoms with van der Waals surface area (Å²) in [5, 5.41) is 7.56. The van der Waals surface area contributed by atoms with Crippen LogP contribution in [0.4, 0.5) is 15.3 Å². The third-order valence-corrected chi connectivity index (χ3v) is 2.72. The molecule has 1 aromatic rings. The predicted octanol–water partition coefficient (Wildman–Crippen LogP) is 1.73. The third kappa shape index (κ3) is 3.14. The number of urea groups is 2. The molecule has 19 heavy (non-hydrogen) atoms. The smallest absolute Gasteiger partial charge is 0.319 e. The zero-order valence-corrected chi connectivity index (χ0v) is 10.9. The average Bonchev–Trinajstić information content (AvgIpc) is 2.38. The van der Waals surface area contributed by atoms with E-state index < -0.39 is 12.1 Å². The van der Waals surface area contributed by atoms with E-state index in [1.54, 1.807) is 31.3 Å². The third-order valence-electron chi connectivity index (χ3n) is 2.39. The van der Waals surface area contributed by atoms with E-state index in [0.717, 1.165) is 5.12 Å². The number of carbonyl (C=O) groups is 2. The zero-order valence-electron chi connectivity index (χ0n) is 10.1. The number of hydrogen-bond donors (Lipinski definition) is 2. The maximum Gasteiger partial charge on any atom is 0.360 e. The number of nitrogens with zero attached hydrogens (tertiary/aromatic N) is 3. The van der Waals surface area contributed by atoms with Crippen molar-refractivity contribution < 1.29 is 9.59 Å². The number of amides is 4. The van der Waals surface area contributed by atoms with Gasteiger partial charge in [-0.25, -0.2) is 15.0 Å². The molecular formula is C11H12ClN5O2. The molecule has 0 radical (unpaired) electrons. The Hall–Kier alpha value is -2.28. The Kier molecular flexibility index (Phi) is 3.86. The highest BCUT2D eigenvalue weighted by Gasteiger charge is 2.22. The Balaban J connectivity index is 1.99. The number of hydrazone groups is 1. The second-order valence-electron chi connectivity index (χ2n) is 3.82. The van der Waals surface area contributed by atoms with Gasteiger partial charge >= 0.3 is 12.1 Å². The lowest BCUT2D eigenvalue weighted by Crippen LogP contribution is -2.52. The fourth-order valence-electron chi connectivity index (χ4n) is 1.42. The second kappa shape index (κ2) is 5.57. The molecule has 1 aliphatic heterocycles. The van der Waals surface area contributed by atoms with Gasteiger partial charge in [-0.2, -0.15) is 5.10 Å². The van der Waals surface area contributed by atoms with Crippen LogP contribution in [0.1, 0.15) is 0 Å². The number of hydrazine groups is 1. The summed E-state index contributed by atoms with van der Waals surface area (Å²) in [6.45, 7) is 0.406. The van der Waals surface area contributed by atoms with Crippen molar-refractivity contribution in [2.45, 2.75) is 0 Å². The summed E-state index contributed by atoms with van der Waals surface area (Å²) < 4.78 is 0. The standard InChI is InChI=1S/C11H12ClN5O2/c1-16-7-6-13-17(11(16)19)15-10(18)14-9-5-3-2-4-8(9)12/h2-6H,7H2,1H3,(H2,14,15,18). The van der Waals surface area contributed by atoms with Gasteiger partial charge in [-0.1, -0.05) is 23.7 Å². The maximum absolute atomic E-state index is 11.7. The first-order valence-electron chi connectivity index (χ1n) is 5.48. The lowest BCUT2D eigenvalue weighted by molar-refractivity contribution is 0.143. The highest BCUT2D eigenvalue weighted by Crippen LogP contribution is 2.20. The minimum Gasteiger partial charge on any atom is -0.319 e. The summed E-state index contributed by atoms with van der Waals surface area (Å²) in [6, 6.07) is 5.76. The summed E-state index contributed by atoms with van der Waals surface area (Å²) in [5.74, 6) is 0. The summed E-state index contributed by atoms with van der Waals surface area (Å²) in [5.41, 5.74) is 2.76.